The number of nitrogens with one attached hydrogen (secondary N) is 1. The zero-order valence-electron chi connectivity index (χ0n) is 15.8. The van der Waals surface area contributed by atoms with Crippen LogP contribution >= 0.6 is 0 Å². The molecule has 138 valence electrons. The molecule has 3 aromatic carbocycles. The molecule has 0 bridgehead atoms. The summed E-state index contributed by atoms with van der Waals surface area (Å²) in [6, 6.07) is 25.8. The van der Waals surface area contributed by atoms with Crippen LogP contribution in [0.25, 0.3) is 11.1 Å². The van der Waals surface area contributed by atoms with Crippen molar-refractivity contribution in [3.8, 4) is 11.1 Å². The molecule has 3 rings (SSSR count). The molecule has 1 amide bonds. The number of aryl methyl sites for hydroxylation is 1. The molecule has 0 radical (unpaired) electrons. The summed E-state index contributed by atoms with van der Waals surface area (Å²) >= 11 is 0. The molecule has 0 saturated carbocycles. The van der Waals surface area contributed by atoms with Gasteiger partial charge in [-0.3, -0.25) is 4.79 Å². The van der Waals surface area contributed by atoms with E-state index in [9.17, 15) is 9.90 Å². The van der Waals surface area contributed by atoms with Crippen molar-refractivity contribution in [3.05, 3.63) is 95.6 Å². The van der Waals surface area contributed by atoms with Gasteiger partial charge < -0.3 is 10.4 Å². The third-order valence-corrected chi connectivity index (χ3v) is 4.69. The first-order valence-electron chi connectivity index (χ1n) is 9.15. The highest BCUT2D eigenvalue weighted by Crippen LogP contribution is 2.24. The smallest absolute Gasteiger partial charge is 0.224 e. The summed E-state index contributed by atoms with van der Waals surface area (Å²) < 4.78 is 0. The van der Waals surface area contributed by atoms with E-state index in [4.69, 9.17) is 0 Å². The Balaban J connectivity index is 1.61. The second-order valence-corrected chi connectivity index (χ2v) is 7.16. The fourth-order valence-electron chi connectivity index (χ4n) is 3.10. The maximum Gasteiger partial charge on any atom is 0.224 e. The van der Waals surface area contributed by atoms with Gasteiger partial charge in [-0.05, 0) is 36.1 Å². The van der Waals surface area contributed by atoms with Gasteiger partial charge in [0.1, 0.15) is 5.60 Å². The predicted molar refractivity (Wildman–Crippen MR) is 109 cm³/mol. The summed E-state index contributed by atoms with van der Waals surface area (Å²) in [5, 5.41) is 13.6. The van der Waals surface area contributed by atoms with Crippen molar-refractivity contribution in [3.63, 3.8) is 0 Å². The fourth-order valence-corrected chi connectivity index (χ4v) is 3.10. The Bertz CT molecular complexity index is 899. The van der Waals surface area contributed by atoms with Crippen molar-refractivity contribution in [2.24, 2.45) is 0 Å². The minimum absolute atomic E-state index is 0.0956. The summed E-state index contributed by atoms with van der Waals surface area (Å²) in [4.78, 5) is 12.2. The van der Waals surface area contributed by atoms with Crippen LogP contribution in [0.15, 0.2) is 78.9 Å². The first-order chi connectivity index (χ1) is 12.9. The number of rotatable bonds is 6. The molecule has 1 atom stereocenters. The molecule has 3 aromatic rings. The second-order valence-electron chi connectivity index (χ2n) is 7.16. The maximum absolute atomic E-state index is 12.2. The van der Waals surface area contributed by atoms with Gasteiger partial charge in [-0.2, -0.15) is 0 Å². The van der Waals surface area contributed by atoms with Gasteiger partial charge in [-0.15, -0.1) is 0 Å². The van der Waals surface area contributed by atoms with Gasteiger partial charge in [-0.25, -0.2) is 0 Å². The average molecular weight is 359 g/mol. The number of hydrogen-bond acceptors (Lipinski definition) is 2. The first-order valence-corrected chi connectivity index (χ1v) is 9.15. The van der Waals surface area contributed by atoms with E-state index in [1.807, 2.05) is 73.7 Å². The molecule has 0 heterocycles. The van der Waals surface area contributed by atoms with Crippen molar-refractivity contribution in [2.75, 3.05) is 6.54 Å². The molecular formula is C24H25NO2. The second kappa shape index (κ2) is 8.19. The third kappa shape index (κ3) is 5.05. The van der Waals surface area contributed by atoms with Crippen LogP contribution in [0.3, 0.4) is 0 Å². The Hall–Kier alpha value is -2.91. The monoisotopic (exact) mass is 359 g/mol. The molecule has 0 aliphatic carbocycles. The molecule has 3 heteroatoms. The molecule has 1 unspecified atom stereocenters. The lowest BCUT2D eigenvalue weighted by molar-refractivity contribution is -0.121. The maximum atomic E-state index is 12.2. The summed E-state index contributed by atoms with van der Waals surface area (Å²) in [5.41, 5.74) is 3.98. The van der Waals surface area contributed by atoms with E-state index in [1.54, 1.807) is 6.92 Å². The third-order valence-electron chi connectivity index (χ3n) is 4.69. The van der Waals surface area contributed by atoms with Gasteiger partial charge in [-0.1, -0.05) is 84.4 Å². The first kappa shape index (κ1) is 18.9. The van der Waals surface area contributed by atoms with E-state index in [-0.39, 0.29) is 12.5 Å². The van der Waals surface area contributed by atoms with Gasteiger partial charge >= 0.3 is 0 Å². The number of carbonyl (C=O) groups excluding carboxylic acids is 1. The molecule has 2 N–H and O–H groups in total. The molecule has 0 aliphatic rings. The zero-order valence-corrected chi connectivity index (χ0v) is 15.8. The zero-order chi connectivity index (χ0) is 19.3. The van der Waals surface area contributed by atoms with E-state index in [1.165, 1.54) is 0 Å². The van der Waals surface area contributed by atoms with Crippen molar-refractivity contribution in [1.29, 1.82) is 0 Å². The molecule has 0 spiro atoms. The Morgan fingerprint density at radius 2 is 1.59 bits per heavy atom. The van der Waals surface area contributed by atoms with Crippen molar-refractivity contribution in [2.45, 2.75) is 25.9 Å². The van der Waals surface area contributed by atoms with Gasteiger partial charge in [0.05, 0.1) is 13.0 Å². The summed E-state index contributed by atoms with van der Waals surface area (Å²) in [6.45, 7) is 3.89. The topological polar surface area (TPSA) is 49.3 Å². The molecular weight excluding hydrogens is 334 g/mol. The average Bonchev–Trinajstić information content (AvgIpc) is 2.67. The summed E-state index contributed by atoms with van der Waals surface area (Å²) in [6.07, 6.45) is 0.310. The molecule has 0 saturated heterocycles. The Morgan fingerprint density at radius 3 is 2.26 bits per heavy atom. The Morgan fingerprint density at radius 1 is 0.926 bits per heavy atom. The highest BCUT2D eigenvalue weighted by molar-refractivity contribution is 5.78. The quantitative estimate of drug-likeness (QED) is 0.692. The van der Waals surface area contributed by atoms with Crippen LogP contribution in [0, 0.1) is 6.92 Å². The van der Waals surface area contributed by atoms with E-state index >= 15 is 0 Å². The van der Waals surface area contributed by atoms with Crippen molar-refractivity contribution >= 4 is 5.91 Å². The number of amides is 1. The minimum Gasteiger partial charge on any atom is -0.384 e. The SMILES string of the molecule is Cc1cccc(CC(=O)NCC(C)(O)c2ccc(-c3ccccc3)cc2)c1. The van der Waals surface area contributed by atoms with E-state index in [2.05, 4.69) is 17.4 Å². The number of carbonyl (C=O) groups is 1. The Kier molecular flexibility index (Phi) is 5.72. The fraction of sp³-hybridized carbons (Fsp3) is 0.208. The van der Waals surface area contributed by atoms with Crippen LogP contribution in [-0.4, -0.2) is 17.6 Å². The normalized spacial score (nSPS) is 13.0. The lowest BCUT2D eigenvalue weighted by Gasteiger charge is -2.24. The van der Waals surface area contributed by atoms with Crippen molar-refractivity contribution in [1.82, 2.24) is 5.32 Å². The van der Waals surface area contributed by atoms with Crippen LogP contribution < -0.4 is 5.32 Å². The number of benzene rings is 3. The van der Waals surface area contributed by atoms with Gasteiger partial charge in [0.2, 0.25) is 5.91 Å². The molecule has 0 fully saturated rings. The van der Waals surface area contributed by atoms with Crippen LogP contribution in [-0.2, 0) is 16.8 Å². The van der Waals surface area contributed by atoms with Crippen LogP contribution in [0.2, 0.25) is 0 Å². The van der Waals surface area contributed by atoms with E-state index in [0.717, 1.165) is 27.8 Å². The van der Waals surface area contributed by atoms with E-state index in [0.29, 0.717) is 6.42 Å². The molecule has 0 aromatic heterocycles. The highest BCUT2D eigenvalue weighted by Gasteiger charge is 2.23. The van der Waals surface area contributed by atoms with Gasteiger partial charge in [0.25, 0.3) is 0 Å². The lowest BCUT2D eigenvalue weighted by Crippen LogP contribution is -2.39. The van der Waals surface area contributed by atoms with E-state index < -0.39 is 5.60 Å². The molecule has 3 nitrogen and oxygen atoms in total. The van der Waals surface area contributed by atoms with Gasteiger partial charge in [0, 0.05) is 0 Å². The van der Waals surface area contributed by atoms with Crippen LogP contribution in [0.5, 0.6) is 0 Å². The van der Waals surface area contributed by atoms with Crippen molar-refractivity contribution < 1.29 is 9.90 Å². The van der Waals surface area contributed by atoms with Crippen LogP contribution in [0.1, 0.15) is 23.6 Å². The van der Waals surface area contributed by atoms with Crippen LogP contribution in [0.4, 0.5) is 0 Å². The number of aliphatic hydroxyl groups is 1. The summed E-state index contributed by atoms with van der Waals surface area (Å²) in [5.74, 6) is -0.0956. The lowest BCUT2D eigenvalue weighted by atomic mass is 9.93. The summed E-state index contributed by atoms with van der Waals surface area (Å²) in [7, 11) is 0. The highest BCUT2D eigenvalue weighted by atomic mass is 16.3. The standard InChI is InChI=1S/C24H25NO2/c1-18-7-6-8-19(15-18)16-23(26)25-17-24(2,27)22-13-11-21(12-14-22)20-9-4-3-5-10-20/h3-15,27H,16-17H2,1-2H3,(H,25,26). The number of hydrogen-bond donors (Lipinski definition) is 2. The molecule has 0 aliphatic heterocycles. The molecule has 27 heavy (non-hydrogen) atoms. The minimum atomic E-state index is -1.13. The largest absolute Gasteiger partial charge is 0.384 e. The Labute approximate surface area is 160 Å². The van der Waals surface area contributed by atoms with Gasteiger partial charge in [0.15, 0.2) is 0 Å². The predicted octanol–water partition coefficient (Wildman–Crippen LogP) is 4.23.